The first kappa shape index (κ1) is 61.0. The van der Waals surface area contributed by atoms with Crippen molar-refractivity contribution < 1.29 is 45.5 Å². The minimum atomic E-state index is -3.79. The number of carbonyl (C=O) groups is 4. The molecule has 18 nitrogen and oxygen atoms in total. The Labute approximate surface area is 488 Å². The van der Waals surface area contributed by atoms with Crippen molar-refractivity contribution in [2.75, 3.05) is 23.5 Å². The second-order valence-corrected chi connectivity index (χ2v) is 26.9. The van der Waals surface area contributed by atoms with Crippen molar-refractivity contribution in [1.82, 2.24) is 29.7 Å². The number of likely N-dealkylation sites (tertiary alicyclic amines) is 2. The second-order valence-electron chi connectivity index (χ2n) is 22.6. The molecule has 0 saturated carbocycles. The number of Topliss-reactive ketones (excluding diaryl/α,β-unsaturated/α-hetero) is 2. The van der Waals surface area contributed by atoms with Crippen LogP contribution in [0.15, 0.2) is 143 Å². The lowest BCUT2D eigenvalue weighted by Crippen LogP contribution is -2.43. The molecule has 5 N–H and O–H groups in total. The van der Waals surface area contributed by atoms with Crippen molar-refractivity contribution in [1.29, 1.82) is 0 Å². The summed E-state index contributed by atoms with van der Waals surface area (Å²) in [5.74, 6) is 1.33. The largest absolute Gasteiger partial charge is 0.444 e. The maximum Gasteiger partial charge on any atom is 0.410 e. The molecule has 2 fully saturated rings. The molecule has 6 aromatic carbocycles. The van der Waals surface area contributed by atoms with Gasteiger partial charge in [0.2, 0.25) is 0 Å². The smallest absolute Gasteiger partial charge is 0.410 e. The highest BCUT2D eigenvalue weighted by Crippen LogP contribution is 2.31. The Kier molecular flexibility index (Phi) is 18.5. The third-order valence-electron chi connectivity index (χ3n) is 13.7. The lowest BCUT2D eigenvalue weighted by Gasteiger charge is -2.28. The van der Waals surface area contributed by atoms with Crippen molar-refractivity contribution >= 4 is 87.0 Å². The number of nitrogens with one attached hydrogen (secondary N) is 3. The SMILES string of the molecule is CC(C)(C)OC(=O)N1CCC[C@H]1C(=O)Cc1ccc(-c2nc3c(N)cccc3[nH]2)cc1.Cc1ccc(S(=O)(=O)Cl)cc1.Cc1ccc(S(=O)(=O)Nc2cccc3[nH]c(-c4ccc(CC(=O)[C@@H]5CCCN5C(=O)OC(C)(C)C)cc4)nc23)cc1. The van der Waals surface area contributed by atoms with E-state index in [1.54, 1.807) is 58.3 Å². The van der Waals surface area contributed by atoms with Gasteiger partial charge in [-0.15, -0.1) is 0 Å². The van der Waals surface area contributed by atoms with Gasteiger partial charge in [0, 0.05) is 47.7 Å². The van der Waals surface area contributed by atoms with E-state index in [1.165, 1.54) is 12.1 Å². The van der Waals surface area contributed by atoms with Gasteiger partial charge in [-0.1, -0.05) is 96.1 Å². The molecule has 2 aliphatic rings. The Hall–Kier alpha value is -8.07. The number of benzene rings is 6. The Morgan fingerprint density at radius 2 is 1.00 bits per heavy atom. The van der Waals surface area contributed by atoms with Gasteiger partial charge in [-0.3, -0.25) is 24.1 Å². The normalized spacial score (nSPS) is 15.5. The first-order valence-electron chi connectivity index (χ1n) is 27.2. The number of nitrogens with two attached hydrogens (primary N) is 1. The number of carbonyl (C=O) groups excluding carboxylic acids is 4. The van der Waals surface area contributed by atoms with E-state index in [1.807, 2.05) is 128 Å². The number of nitrogen functional groups attached to an aromatic ring is 1. The molecule has 10 rings (SSSR count). The fraction of sp³-hybridized carbons (Fsp3) is 0.323. The summed E-state index contributed by atoms with van der Waals surface area (Å²) in [4.78, 5) is 70.3. The summed E-state index contributed by atoms with van der Waals surface area (Å²) in [7, 11) is -2.25. The van der Waals surface area contributed by atoms with Crippen molar-refractivity contribution in [3.05, 3.63) is 156 Å². The van der Waals surface area contributed by atoms with Gasteiger partial charge in [-0.05, 0) is 141 Å². The van der Waals surface area contributed by atoms with Gasteiger partial charge in [0.1, 0.15) is 33.9 Å². The molecule has 8 aromatic rings. The van der Waals surface area contributed by atoms with Crippen LogP contribution in [0.5, 0.6) is 0 Å². The van der Waals surface area contributed by atoms with E-state index >= 15 is 0 Å². The van der Waals surface area contributed by atoms with E-state index in [9.17, 15) is 36.0 Å². The van der Waals surface area contributed by atoms with Gasteiger partial charge >= 0.3 is 12.2 Å². The second kappa shape index (κ2) is 25.2. The first-order valence-corrected chi connectivity index (χ1v) is 31.0. The number of halogens is 1. The van der Waals surface area contributed by atoms with Gasteiger partial charge in [-0.2, -0.15) is 0 Å². The molecule has 4 heterocycles. The zero-order valence-electron chi connectivity index (χ0n) is 47.7. The molecule has 2 aliphatic heterocycles. The number of ketones is 2. The molecule has 2 saturated heterocycles. The monoisotopic (exact) mass is 1180 g/mol. The zero-order chi connectivity index (χ0) is 60.0. The van der Waals surface area contributed by atoms with Crippen LogP contribution in [-0.2, 0) is 51.0 Å². The number of anilines is 2. The third kappa shape index (κ3) is 15.9. The topological polar surface area (TPSA) is 257 Å². The van der Waals surface area contributed by atoms with E-state index in [0.717, 1.165) is 63.1 Å². The van der Waals surface area contributed by atoms with E-state index in [-0.39, 0.29) is 34.2 Å². The highest BCUT2D eigenvalue weighted by Gasteiger charge is 2.38. The van der Waals surface area contributed by atoms with Crippen LogP contribution in [0.2, 0.25) is 0 Å². The lowest BCUT2D eigenvalue weighted by molar-refractivity contribution is -0.123. The maximum atomic E-state index is 13.1. The first-order chi connectivity index (χ1) is 39.1. The summed E-state index contributed by atoms with van der Waals surface area (Å²) < 4.78 is 61.0. The summed E-state index contributed by atoms with van der Waals surface area (Å²) in [5.41, 5.74) is 14.1. The van der Waals surface area contributed by atoms with Crippen molar-refractivity contribution in [3.63, 3.8) is 0 Å². The lowest BCUT2D eigenvalue weighted by atomic mass is 10.0. The predicted octanol–water partition coefficient (Wildman–Crippen LogP) is 12.1. The number of sulfonamides is 1. The number of aromatic amines is 2. The van der Waals surface area contributed by atoms with Crippen LogP contribution < -0.4 is 10.5 Å². The molecule has 0 spiro atoms. The average Bonchev–Trinajstić information content (AvgIpc) is 3.79. The minimum absolute atomic E-state index is 0.0182. The molecule has 83 heavy (non-hydrogen) atoms. The average molecular weight is 1190 g/mol. The van der Waals surface area contributed by atoms with Crippen molar-refractivity contribution in [2.24, 2.45) is 0 Å². The number of nitrogens with zero attached hydrogens (tertiary/aromatic N) is 4. The number of aryl methyl sites for hydroxylation is 2. The summed E-state index contributed by atoms with van der Waals surface area (Å²) >= 11 is 0. The predicted molar refractivity (Wildman–Crippen MR) is 323 cm³/mol. The van der Waals surface area contributed by atoms with Gasteiger partial charge in [-0.25, -0.2) is 36.4 Å². The van der Waals surface area contributed by atoms with E-state index in [2.05, 4.69) is 24.7 Å². The van der Waals surface area contributed by atoms with Crippen LogP contribution in [0.25, 0.3) is 44.8 Å². The Morgan fingerprint density at radius 3 is 1.42 bits per heavy atom. The van der Waals surface area contributed by atoms with Crippen LogP contribution in [0.1, 0.15) is 89.5 Å². The molecule has 2 aromatic heterocycles. The van der Waals surface area contributed by atoms with Gasteiger partial charge in [0.15, 0.2) is 11.6 Å². The fourth-order valence-corrected chi connectivity index (χ4v) is 11.4. The number of aromatic nitrogens is 4. The Bertz CT molecular complexity index is 3870. The van der Waals surface area contributed by atoms with Crippen LogP contribution in [0, 0.1) is 13.8 Å². The van der Waals surface area contributed by atoms with Crippen LogP contribution in [0.4, 0.5) is 21.0 Å². The number of fused-ring (bicyclic) bond motifs is 2. The van der Waals surface area contributed by atoms with E-state index in [4.69, 9.17) is 25.9 Å². The highest BCUT2D eigenvalue weighted by atomic mass is 35.7. The Balaban J connectivity index is 0.000000188. The molecule has 0 aliphatic carbocycles. The maximum absolute atomic E-state index is 13.1. The molecule has 0 unspecified atom stereocenters. The number of ether oxygens (including phenoxy) is 2. The number of amides is 2. The van der Waals surface area contributed by atoms with E-state index < -0.39 is 54.5 Å². The van der Waals surface area contributed by atoms with Gasteiger partial charge in [0.05, 0.1) is 44.3 Å². The van der Waals surface area contributed by atoms with E-state index in [0.29, 0.717) is 54.2 Å². The molecular weight excluding hydrogens is 1120 g/mol. The fourth-order valence-electron chi connectivity index (χ4n) is 9.54. The van der Waals surface area contributed by atoms with Crippen LogP contribution in [-0.4, -0.2) is 107 Å². The standard InChI is InChI=1S/C31H34N4O5S.C24H28N4O3.C7H7ClO2S/c1-20-10-16-23(17-11-20)41(38,39)34-25-8-5-7-24-28(25)33-29(32-24)22-14-12-21(13-15-22)19-27(36)26-9-6-18-35(26)30(37)40-31(2,3)4;1-24(2,3)31-23(30)28-13-5-8-19(28)20(29)14-15-9-11-16(12-10-15)22-26-18-7-4-6-17(25)21(18)27-22;1-6-2-4-7(5-3-6)11(8,9)10/h5,7-8,10-17,26,34H,6,9,18-19H2,1-4H3,(H,32,33);4,6-7,9-12,19H,5,8,13-14,25H2,1-3H3,(H,26,27);2-5H,1H3/t26-;19-;/m00./s1. The quantitative estimate of drug-likeness (QED) is 0.0656. The number of rotatable bonds is 12. The number of hydrogen-bond acceptors (Lipinski definition) is 13. The highest BCUT2D eigenvalue weighted by molar-refractivity contribution is 8.13. The summed E-state index contributed by atoms with van der Waals surface area (Å²) in [6, 6.07) is 38.3. The number of hydrogen-bond donors (Lipinski definition) is 4. The molecular formula is C62H69ClN8O10S2. The number of para-hydroxylation sites is 2. The zero-order valence-corrected chi connectivity index (χ0v) is 50.0. The van der Waals surface area contributed by atoms with Crippen molar-refractivity contribution in [2.45, 2.75) is 127 Å². The van der Waals surface area contributed by atoms with Gasteiger partial charge in [0.25, 0.3) is 19.1 Å². The molecule has 0 radical (unpaired) electrons. The minimum Gasteiger partial charge on any atom is -0.444 e. The summed E-state index contributed by atoms with van der Waals surface area (Å²) in [6.45, 7) is 15.8. The third-order valence-corrected chi connectivity index (χ3v) is 16.4. The molecule has 436 valence electrons. The molecule has 2 amide bonds. The molecule has 2 atom stereocenters. The summed E-state index contributed by atoms with van der Waals surface area (Å²) in [5, 5.41) is 0. The molecule has 0 bridgehead atoms. The Morgan fingerprint density at radius 1 is 0.590 bits per heavy atom. The summed E-state index contributed by atoms with van der Waals surface area (Å²) in [6.07, 6.45) is 2.50. The molecule has 21 heteroatoms. The van der Waals surface area contributed by atoms with Crippen LogP contribution >= 0.6 is 10.7 Å². The number of H-pyrrole nitrogens is 2. The van der Waals surface area contributed by atoms with Gasteiger partial charge < -0.3 is 25.2 Å². The number of imidazole rings is 2. The van der Waals surface area contributed by atoms with Crippen LogP contribution in [0.3, 0.4) is 0 Å². The van der Waals surface area contributed by atoms with Crippen molar-refractivity contribution in [3.8, 4) is 22.8 Å².